The van der Waals surface area contributed by atoms with Crippen molar-refractivity contribution in [2.45, 2.75) is 12.5 Å². The minimum atomic E-state index is -0.625. The van der Waals surface area contributed by atoms with Gasteiger partial charge in [0.1, 0.15) is 5.82 Å². The number of carbonyl (C=O) groups is 1. The van der Waals surface area contributed by atoms with E-state index in [1.807, 2.05) is 30.3 Å². The van der Waals surface area contributed by atoms with Crippen molar-refractivity contribution in [2.24, 2.45) is 0 Å². The number of H-pyrrole nitrogens is 1. The van der Waals surface area contributed by atoms with Gasteiger partial charge in [-0.1, -0.05) is 30.3 Å². The van der Waals surface area contributed by atoms with Crippen molar-refractivity contribution in [1.29, 1.82) is 0 Å². The number of aromatic nitrogens is 3. The summed E-state index contributed by atoms with van der Waals surface area (Å²) in [5.74, 6) is 1.59. The molecule has 24 heavy (non-hydrogen) atoms. The Morgan fingerprint density at radius 3 is 2.83 bits per heavy atom. The van der Waals surface area contributed by atoms with Gasteiger partial charge in [-0.25, -0.2) is 4.98 Å². The smallest absolute Gasteiger partial charge is 0.253 e. The van der Waals surface area contributed by atoms with E-state index >= 15 is 0 Å². The molecule has 3 aromatic rings. The molecule has 7 heteroatoms. The van der Waals surface area contributed by atoms with Crippen LogP contribution in [0.15, 0.2) is 53.1 Å². The van der Waals surface area contributed by atoms with Gasteiger partial charge in [-0.05, 0) is 17.7 Å². The maximum Gasteiger partial charge on any atom is 0.253 e. The second-order valence-electron chi connectivity index (χ2n) is 5.15. The quantitative estimate of drug-likeness (QED) is 0.693. The molecule has 2 aromatic heterocycles. The van der Waals surface area contributed by atoms with Crippen LogP contribution < -0.4 is 5.32 Å². The van der Waals surface area contributed by atoms with Crippen molar-refractivity contribution in [1.82, 2.24) is 20.5 Å². The summed E-state index contributed by atoms with van der Waals surface area (Å²) in [6, 6.07) is 12.9. The highest BCUT2D eigenvalue weighted by Gasteiger charge is 2.19. The molecule has 0 aliphatic rings. The number of methoxy groups -OCH3 is 1. The molecule has 0 fully saturated rings. The summed E-state index contributed by atoms with van der Waals surface area (Å²) in [4.78, 5) is 16.6. The van der Waals surface area contributed by atoms with E-state index in [-0.39, 0.29) is 5.91 Å². The average molecular weight is 326 g/mol. The van der Waals surface area contributed by atoms with Gasteiger partial charge >= 0.3 is 0 Å². The fourth-order valence-electron chi connectivity index (χ4n) is 2.34. The van der Waals surface area contributed by atoms with Crippen LogP contribution in [0.1, 0.15) is 17.5 Å². The first-order valence-corrected chi connectivity index (χ1v) is 7.58. The molecule has 124 valence electrons. The topological polar surface area (TPSA) is 93.0 Å². The number of nitrogens with zero attached hydrogens (tertiary/aromatic N) is 2. The van der Waals surface area contributed by atoms with Gasteiger partial charge in [0.2, 0.25) is 5.82 Å². The number of amides is 1. The van der Waals surface area contributed by atoms with E-state index in [1.54, 1.807) is 18.4 Å². The van der Waals surface area contributed by atoms with Gasteiger partial charge in [-0.15, -0.1) is 0 Å². The van der Waals surface area contributed by atoms with Crippen molar-refractivity contribution in [3.8, 4) is 11.6 Å². The fourth-order valence-corrected chi connectivity index (χ4v) is 2.34. The van der Waals surface area contributed by atoms with Crippen LogP contribution in [-0.4, -0.2) is 34.7 Å². The number of hydrogen-bond donors (Lipinski definition) is 2. The van der Waals surface area contributed by atoms with Gasteiger partial charge in [0.15, 0.2) is 11.9 Å². The number of aromatic amines is 1. The van der Waals surface area contributed by atoms with Gasteiger partial charge in [0.25, 0.3) is 5.91 Å². The van der Waals surface area contributed by atoms with Crippen LogP contribution in [0.5, 0.6) is 0 Å². The number of hydrogen-bond acceptors (Lipinski definition) is 5. The lowest BCUT2D eigenvalue weighted by Gasteiger charge is -2.15. The summed E-state index contributed by atoms with van der Waals surface area (Å²) in [5, 5.41) is 9.78. The lowest BCUT2D eigenvalue weighted by Crippen LogP contribution is -2.32. The second kappa shape index (κ2) is 7.56. The Kier molecular flexibility index (Phi) is 5.02. The normalized spacial score (nSPS) is 12.0. The maximum atomic E-state index is 12.3. The molecule has 0 spiro atoms. The largest absolute Gasteiger partial charge is 0.461 e. The monoisotopic (exact) mass is 326 g/mol. The Morgan fingerprint density at radius 2 is 2.12 bits per heavy atom. The first kappa shape index (κ1) is 15.9. The lowest BCUT2D eigenvalue weighted by atomic mass is 10.1. The molecule has 0 unspecified atom stereocenters. The zero-order valence-electron chi connectivity index (χ0n) is 13.2. The van der Waals surface area contributed by atoms with E-state index in [0.29, 0.717) is 30.4 Å². The summed E-state index contributed by atoms with van der Waals surface area (Å²) in [7, 11) is 1.52. The Morgan fingerprint density at radius 1 is 1.29 bits per heavy atom. The second-order valence-corrected chi connectivity index (χ2v) is 5.15. The molecule has 1 atom stereocenters. The summed E-state index contributed by atoms with van der Waals surface area (Å²) >= 11 is 0. The molecule has 0 radical (unpaired) electrons. The first-order chi connectivity index (χ1) is 11.8. The number of nitrogens with one attached hydrogen (secondary N) is 2. The average Bonchev–Trinajstić information content (AvgIpc) is 3.28. The number of furan rings is 1. The van der Waals surface area contributed by atoms with Crippen LogP contribution in [0.4, 0.5) is 0 Å². The van der Waals surface area contributed by atoms with Crippen molar-refractivity contribution in [3.05, 3.63) is 60.1 Å². The Bertz CT molecular complexity index is 768. The predicted octanol–water partition coefficient (Wildman–Crippen LogP) is 2.11. The van der Waals surface area contributed by atoms with E-state index < -0.39 is 6.10 Å². The van der Waals surface area contributed by atoms with Crippen molar-refractivity contribution in [2.75, 3.05) is 13.7 Å². The van der Waals surface area contributed by atoms with Crippen molar-refractivity contribution >= 4 is 5.91 Å². The highest BCUT2D eigenvalue weighted by atomic mass is 16.5. The minimum absolute atomic E-state index is 0.186. The molecule has 0 aliphatic carbocycles. The van der Waals surface area contributed by atoms with Gasteiger partial charge in [-0.2, -0.15) is 5.10 Å². The summed E-state index contributed by atoms with van der Waals surface area (Å²) in [6.45, 7) is 0.429. The van der Waals surface area contributed by atoms with E-state index in [1.165, 1.54) is 7.11 Å². The Balaban J connectivity index is 1.53. The molecule has 0 bridgehead atoms. The van der Waals surface area contributed by atoms with E-state index in [0.717, 1.165) is 5.56 Å². The molecular formula is C17H18N4O3. The molecule has 0 saturated carbocycles. The third-order valence-electron chi connectivity index (χ3n) is 3.51. The molecule has 1 aromatic carbocycles. The first-order valence-electron chi connectivity index (χ1n) is 7.58. The van der Waals surface area contributed by atoms with Crippen molar-refractivity contribution < 1.29 is 13.9 Å². The van der Waals surface area contributed by atoms with Crippen LogP contribution >= 0.6 is 0 Å². The lowest BCUT2D eigenvalue weighted by molar-refractivity contribution is -0.131. The number of ether oxygens (including phenoxy) is 1. The SMILES string of the molecule is CO[C@@H](C(=O)NCCc1nc(-c2ccco2)n[nH]1)c1ccccc1. The van der Waals surface area contributed by atoms with Gasteiger partial charge in [-0.3, -0.25) is 9.89 Å². The standard InChI is InChI=1S/C17H18N4O3/c1-23-15(12-6-3-2-4-7-12)17(22)18-10-9-14-19-16(21-20-14)13-8-5-11-24-13/h2-8,11,15H,9-10H2,1H3,(H,18,22)(H,19,20,21)/t15-/m1/s1. The van der Waals surface area contributed by atoms with Crippen LogP contribution in [0.3, 0.4) is 0 Å². The zero-order chi connectivity index (χ0) is 16.8. The molecule has 0 saturated heterocycles. The molecule has 2 N–H and O–H groups in total. The highest BCUT2D eigenvalue weighted by molar-refractivity contribution is 5.82. The van der Waals surface area contributed by atoms with Gasteiger partial charge in [0.05, 0.1) is 6.26 Å². The molecule has 0 aliphatic heterocycles. The van der Waals surface area contributed by atoms with Gasteiger partial charge < -0.3 is 14.5 Å². The van der Waals surface area contributed by atoms with Crippen LogP contribution in [-0.2, 0) is 16.0 Å². The van der Waals surface area contributed by atoms with Crippen LogP contribution in [0.2, 0.25) is 0 Å². The number of benzene rings is 1. The van der Waals surface area contributed by atoms with Gasteiger partial charge in [0, 0.05) is 20.1 Å². The Hall–Kier alpha value is -2.93. The summed E-state index contributed by atoms with van der Waals surface area (Å²) < 4.78 is 10.5. The highest BCUT2D eigenvalue weighted by Crippen LogP contribution is 2.16. The molecule has 3 rings (SSSR count). The molecular weight excluding hydrogens is 308 g/mol. The maximum absolute atomic E-state index is 12.3. The van der Waals surface area contributed by atoms with E-state index in [2.05, 4.69) is 20.5 Å². The molecule has 2 heterocycles. The zero-order valence-corrected chi connectivity index (χ0v) is 13.2. The van der Waals surface area contributed by atoms with E-state index in [4.69, 9.17) is 9.15 Å². The summed E-state index contributed by atoms with van der Waals surface area (Å²) in [5.41, 5.74) is 0.817. The predicted molar refractivity (Wildman–Crippen MR) is 87.0 cm³/mol. The minimum Gasteiger partial charge on any atom is -0.461 e. The number of carbonyl (C=O) groups excluding carboxylic acids is 1. The number of rotatable bonds is 7. The van der Waals surface area contributed by atoms with Crippen LogP contribution in [0.25, 0.3) is 11.6 Å². The third kappa shape index (κ3) is 3.69. The fraction of sp³-hybridized carbons (Fsp3) is 0.235. The van der Waals surface area contributed by atoms with E-state index in [9.17, 15) is 4.79 Å². The summed E-state index contributed by atoms with van der Waals surface area (Å²) in [6.07, 6.45) is 1.48. The van der Waals surface area contributed by atoms with Crippen LogP contribution in [0, 0.1) is 0 Å². The third-order valence-corrected chi connectivity index (χ3v) is 3.51. The van der Waals surface area contributed by atoms with Crippen molar-refractivity contribution in [3.63, 3.8) is 0 Å². The molecule has 7 nitrogen and oxygen atoms in total. The Labute approximate surface area is 139 Å². The molecule has 1 amide bonds.